The maximum Gasteiger partial charge on any atom is 0.262 e. The lowest BCUT2D eigenvalue weighted by atomic mass is 10.0. The minimum Gasteiger partial charge on any atom is -0.508 e. The van der Waals surface area contributed by atoms with E-state index in [1.807, 2.05) is 13.8 Å². The van der Waals surface area contributed by atoms with Crippen LogP contribution in [0.1, 0.15) is 36.2 Å². The van der Waals surface area contributed by atoms with Crippen molar-refractivity contribution in [2.24, 2.45) is 11.0 Å². The van der Waals surface area contributed by atoms with Gasteiger partial charge in [-0.15, -0.1) is 0 Å². The Bertz CT molecular complexity index is 802. The second-order valence-corrected chi connectivity index (χ2v) is 6.92. The molecule has 142 valence electrons. The molecule has 7 heteroatoms. The molecule has 0 radical (unpaired) electrons. The second-order valence-electron chi connectivity index (χ2n) is 6.49. The summed E-state index contributed by atoms with van der Waals surface area (Å²) in [4.78, 5) is 24.8. The fourth-order valence-electron chi connectivity index (χ4n) is 2.35. The standard InChI is InChI=1S/C20H22ClN3O3/c1-13(2)11-18(23-19(26)15-5-7-16(21)8-6-15)20(27)24-22-12-14-3-9-17(25)10-4-14/h3-10,12-13,18,25H,11H2,1-2H3,(H,23,26)(H,24,27). The summed E-state index contributed by atoms with van der Waals surface area (Å²) in [6, 6.07) is 12.1. The smallest absolute Gasteiger partial charge is 0.262 e. The lowest BCUT2D eigenvalue weighted by molar-refractivity contribution is -0.123. The van der Waals surface area contributed by atoms with Crippen molar-refractivity contribution in [1.29, 1.82) is 0 Å². The lowest BCUT2D eigenvalue weighted by Crippen LogP contribution is -2.46. The van der Waals surface area contributed by atoms with Gasteiger partial charge in [0.1, 0.15) is 11.8 Å². The number of phenols is 1. The largest absolute Gasteiger partial charge is 0.508 e. The van der Waals surface area contributed by atoms with Crippen LogP contribution in [0.2, 0.25) is 5.02 Å². The van der Waals surface area contributed by atoms with Crippen LogP contribution in [0.3, 0.4) is 0 Å². The summed E-state index contributed by atoms with van der Waals surface area (Å²) in [6.45, 7) is 3.93. The van der Waals surface area contributed by atoms with Crippen molar-refractivity contribution in [3.05, 3.63) is 64.7 Å². The first-order valence-electron chi connectivity index (χ1n) is 8.53. The number of aromatic hydroxyl groups is 1. The monoisotopic (exact) mass is 387 g/mol. The Kier molecular flexibility index (Phi) is 7.37. The molecule has 0 saturated heterocycles. The topological polar surface area (TPSA) is 90.8 Å². The summed E-state index contributed by atoms with van der Waals surface area (Å²) in [5, 5.41) is 16.4. The van der Waals surface area contributed by atoms with E-state index in [0.29, 0.717) is 17.0 Å². The number of benzene rings is 2. The third-order valence-corrected chi connectivity index (χ3v) is 3.97. The van der Waals surface area contributed by atoms with Gasteiger partial charge < -0.3 is 10.4 Å². The van der Waals surface area contributed by atoms with E-state index in [9.17, 15) is 14.7 Å². The van der Waals surface area contributed by atoms with E-state index in [1.54, 1.807) is 36.4 Å². The second kappa shape index (κ2) is 9.73. The molecule has 0 spiro atoms. The number of phenolic OH excluding ortho intramolecular Hbond substituents is 1. The number of hydrogen-bond acceptors (Lipinski definition) is 4. The summed E-state index contributed by atoms with van der Waals surface area (Å²) >= 11 is 5.83. The number of nitrogens with one attached hydrogen (secondary N) is 2. The summed E-state index contributed by atoms with van der Waals surface area (Å²) in [6.07, 6.45) is 1.94. The summed E-state index contributed by atoms with van der Waals surface area (Å²) < 4.78 is 0. The van der Waals surface area contributed by atoms with Crippen molar-refractivity contribution in [2.75, 3.05) is 0 Å². The van der Waals surface area contributed by atoms with Crippen molar-refractivity contribution in [3.63, 3.8) is 0 Å². The lowest BCUT2D eigenvalue weighted by Gasteiger charge is -2.19. The van der Waals surface area contributed by atoms with E-state index in [2.05, 4.69) is 15.8 Å². The van der Waals surface area contributed by atoms with Crippen LogP contribution >= 0.6 is 11.6 Å². The highest BCUT2D eigenvalue weighted by atomic mass is 35.5. The number of amides is 2. The van der Waals surface area contributed by atoms with Crippen molar-refractivity contribution in [1.82, 2.24) is 10.7 Å². The van der Waals surface area contributed by atoms with Crippen molar-refractivity contribution in [3.8, 4) is 5.75 Å². The van der Waals surface area contributed by atoms with Crippen LogP contribution in [-0.4, -0.2) is 29.2 Å². The highest BCUT2D eigenvalue weighted by Gasteiger charge is 2.22. The average molecular weight is 388 g/mol. The molecule has 0 aromatic heterocycles. The van der Waals surface area contributed by atoms with Crippen LogP contribution in [0.15, 0.2) is 53.6 Å². The van der Waals surface area contributed by atoms with Gasteiger partial charge in [0, 0.05) is 10.6 Å². The van der Waals surface area contributed by atoms with Crippen LogP contribution in [0.4, 0.5) is 0 Å². The van der Waals surface area contributed by atoms with Gasteiger partial charge in [0.25, 0.3) is 11.8 Å². The van der Waals surface area contributed by atoms with Crippen LogP contribution in [0.5, 0.6) is 5.75 Å². The van der Waals surface area contributed by atoms with Crippen LogP contribution in [0, 0.1) is 5.92 Å². The number of nitrogens with zero attached hydrogens (tertiary/aromatic N) is 1. The molecular formula is C20H22ClN3O3. The molecule has 1 unspecified atom stereocenters. The molecule has 2 rings (SSSR count). The van der Waals surface area contributed by atoms with E-state index in [-0.39, 0.29) is 17.6 Å². The average Bonchev–Trinajstić information content (AvgIpc) is 2.63. The van der Waals surface area contributed by atoms with E-state index in [4.69, 9.17) is 11.6 Å². The fourth-order valence-corrected chi connectivity index (χ4v) is 2.48. The highest BCUT2D eigenvalue weighted by Crippen LogP contribution is 2.11. The number of halogens is 1. The van der Waals surface area contributed by atoms with E-state index >= 15 is 0 Å². The molecule has 0 aliphatic rings. The van der Waals surface area contributed by atoms with Gasteiger partial charge in [-0.1, -0.05) is 25.4 Å². The zero-order chi connectivity index (χ0) is 19.8. The SMILES string of the molecule is CC(C)CC(NC(=O)c1ccc(Cl)cc1)C(=O)NN=Cc1ccc(O)cc1. The van der Waals surface area contributed by atoms with Crippen LogP contribution < -0.4 is 10.7 Å². The molecule has 2 aromatic carbocycles. The van der Waals surface area contributed by atoms with E-state index in [0.717, 1.165) is 5.56 Å². The van der Waals surface area contributed by atoms with Crippen molar-refractivity contribution < 1.29 is 14.7 Å². The van der Waals surface area contributed by atoms with Gasteiger partial charge >= 0.3 is 0 Å². The predicted molar refractivity (Wildman–Crippen MR) is 106 cm³/mol. The Morgan fingerprint density at radius 2 is 1.74 bits per heavy atom. The Morgan fingerprint density at radius 1 is 1.11 bits per heavy atom. The number of rotatable bonds is 7. The molecule has 0 saturated carbocycles. The first kappa shape index (κ1) is 20.5. The van der Waals surface area contributed by atoms with Crippen molar-refractivity contribution in [2.45, 2.75) is 26.3 Å². The molecule has 0 aliphatic heterocycles. The fraction of sp³-hybridized carbons (Fsp3) is 0.250. The molecule has 0 aliphatic carbocycles. The summed E-state index contributed by atoms with van der Waals surface area (Å²) in [7, 11) is 0. The molecule has 27 heavy (non-hydrogen) atoms. The van der Waals surface area contributed by atoms with E-state index in [1.165, 1.54) is 18.3 Å². The molecule has 0 fully saturated rings. The Labute approximate surface area is 163 Å². The molecule has 6 nitrogen and oxygen atoms in total. The third kappa shape index (κ3) is 6.75. The maximum atomic E-state index is 12.4. The third-order valence-electron chi connectivity index (χ3n) is 3.72. The highest BCUT2D eigenvalue weighted by molar-refractivity contribution is 6.30. The van der Waals surface area contributed by atoms with Gasteiger partial charge in [-0.05, 0) is 66.4 Å². The zero-order valence-corrected chi connectivity index (χ0v) is 15.9. The van der Waals surface area contributed by atoms with Crippen molar-refractivity contribution >= 4 is 29.6 Å². The number of carbonyl (C=O) groups is 2. The predicted octanol–water partition coefficient (Wildman–Crippen LogP) is 3.34. The Morgan fingerprint density at radius 3 is 2.33 bits per heavy atom. The first-order valence-corrected chi connectivity index (χ1v) is 8.91. The number of carbonyl (C=O) groups excluding carboxylic acids is 2. The van der Waals surface area contributed by atoms with Gasteiger partial charge in [-0.3, -0.25) is 9.59 Å². The van der Waals surface area contributed by atoms with Gasteiger partial charge in [-0.25, -0.2) is 5.43 Å². The van der Waals surface area contributed by atoms with Gasteiger partial charge in [-0.2, -0.15) is 5.10 Å². The molecular weight excluding hydrogens is 366 g/mol. The van der Waals surface area contributed by atoms with Crippen LogP contribution in [0.25, 0.3) is 0 Å². The first-order chi connectivity index (χ1) is 12.8. The zero-order valence-electron chi connectivity index (χ0n) is 15.1. The van der Waals surface area contributed by atoms with E-state index < -0.39 is 11.9 Å². The molecule has 0 heterocycles. The van der Waals surface area contributed by atoms with Gasteiger partial charge in [0.15, 0.2) is 0 Å². The quantitative estimate of drug-likeness (QED) is 0.502. The maximum absolute atomic E-state index is 12.4. The van der Waals surface area contributed by atoms with Gasteiger partial charge in [0.05, 0.1) is 6.21 Å². The Balaban J connectivity index is 2.01. The molecule has 2 aromatic rings. The molecule has 3 N–H and O–H groups in total. The minimum absolute atomic E-state index is 0.151. The normalized spacial score (nSPS) is 12.1. The number of hydrazone groups is 1. The Hall–Kier alpha value is -2.86. The molecule has 1 atom stereocenters. The summed E-state index contributed by atoms with van der Waals surface area (Å²) in [5.41, 5.74) is 3.59. The minimum atomic E-state index is -0.717. The van der Waals surface area contributed by atoms with Crippen LogP contribution in [-0.2, 0) is 4.79 Å². The molecule has 2 amide bonds. The molecule has 0 bridgehead atoms. The number of hydrogen-bond donors (Lipinski definition) is 3. The van der Waals surface area contributed by atoms with Gasteiger partial charge in [0.2, 0.25) is 0 Å². The summed E-state index contributed by atoms with van der Waals surface area (Å²) in [5.74, 6) is -0.401.